The lowest BCUT2D eigenvalue weighted by atomic mass is 9.99. The number of carbonyl (C=O) groups excluding carboxylic acids is 3. The molecule has 1 N–H and O–H groups in total. The quantitative estimate of drug-likeness (QED) is 0.396. The Morgan fingerprint density at radius 2 is 1.92 bits per heavy atom. The molecule has 1 aliphatic heterocycles. The number of ether oxygens (including phenoxy) is 1. The number of fused-ring (bicyclic) bond motifs is 1. The number of esters is 1. The van der Waals surface area contributed by atoms with E-state index in [-0.39, 0.29) is 23.2 Å². The SMILES string of the molecule is C[C@@H]1C(=O)Nc2ccc(C(=O)COC(=O)c3cc[n+]([O-])cc3)cc21. The number of amides is 1. The molecule has 0 radical (unpaired) electrons. The largest absolute Gasteiger partial charge is 0.619 e. The number of pyridine rings is 1. The molecule has 0 unspecified atom stereocenters. The summed E-state index contributed by atoms with van der Waals surface area (Å²) in [6.07, 6.45) is 2.34. The van der Waals surface area contributed by atoms with E-state index < -0.39 is 12.6 Å². The summed E-state index contributed by atoms with van der Waals surface area (Å²) in [6.45, 7) is 1.34. The number of nitrogens with zero attached hydrogens (tertiary/aromatic N) is 1. The van der Waals surface area contributed by atoms with Crippen LogP contribution in [0.5, 0.6) is 0 Å². The summed E-state index contributed by atoms with van der Waals surface area (Å²) in [5.74, 6) is -1.48. The van der Waals surface area contributed by atoms with Crippen LogP contribution in [0.25, 0.3) is 0 Å². The molecule has 1 amide bonds. The van der Waals surface area contributed by atoms with E-state index in [1.165, 1.54) is 24.5 Å². The first-order valence-corrected chi connectivity index (χ1v) is 7.29. The zero-order chi connectivity index (χ0) is 17.3. The summed E-state index contributed by atoms with van der Waals surface area (Å²) in [6, 6.07) is 7.51. The number of nitrogens with one attached hydrogen (secondary N) is 1. The van der Waals surface area contributed by atoms with Crippen molar-refractivity contribution in [3.8, 4) is 0 Å². The van der Waals surface area contributed by atoms with Crippen LogP contribution in [0.4, 0.5) is 5.69 Å². The molecule has 24 heavy (non-hydrogen) atoms. The minimum absolute atomic E-state index is 0.110. The van der Waals surface area contributed by atoms with Crippen molar-refractivity contribution in [2.45, 2.75) is 12.8 Å². The van der Waals surface area contributed by atoms with Gasteiger partial charge in [0.2, 0.25) is 5.91 Å². The highest BCUT2D eigenvalue weighted by Gasteiger charge is 2.27. The standard InChI is InChI=1S/C17H14N2O5/c1-10-13-8-12(2-3-14(13)18-16(10)21)15(20)9-24-17(22)11-4-6-19(23)7-5-11/h2-8,10H,9H2,1H3,(H,18,21)/t10-/m0/s1. The highest BCUT2D eigenvalue weighted by Crippen LogP contribution is 2.32. The number of benzene rings is 1. The first-order chi connectivity index (χ1) is 11.5. The zero-order valence-electron chi connectivity index (χ0n) is 12.8. The van der Waals surface area contributed by atoms with Gasteiger partial charge in [-0.05, 0) is 30.7 Å². The van der Waals surface area contributed by atoms with Crippen LogP contribution in [0.3, 0.4) is 0 Å². The van der Waals surface area contributed by atoms with Crippen LogP contribution in [0.2, 0.25) is 0 Å². The third-order valence-electron chi connectivity index (χ3n) is 3.86. The van der Waals surface area contributed by atoms with Crippen LogP contribution in [-0.4, -0.2) is 24.3 Å². The Morgan fingerprint density at radius 1 is 1.21 bits per heavy atom. The van der Waals surface area contributed by atoms with Crippen molar-refractivity contribution in [1.29, 1.82) is 0 Å². The minimum atomic E-state index is -0.685. The molecule has 2 heterocycles. The van der Waals surface area contributed by atoms with Gasteiger partial charge in [-0.3, -0.25) is 9.59 Å². The highest BCUT2D eigenvalue weighted by atomic mass is 16.5. The fraction of sp³-hybridized carbons (Fsp3) is 0.176. The van der Waals surface area contributed by atoms with Crippen molar-refractivity contribution >= 4 is 23.3 Å². The lowest BCUT2D eigenvalue weighted by Gasteiger charge is -2.07. The molecule has 122 valence electrons. The number of aromatic nitrogens is 1. The summed E-state index contributed by atoms with van der Waals surface area (Å²) >= 11 is 0. The molecule has 1 atom stereocenters. The maximum atomic E-state index is 12.2. The average molecular weight is 326 g/mol. The highest BCUT2D eigenvalue weighted by molar-refractivity contribution is 6.05. The summed E-state index contributed by atoms with van der Waals surface area (Å²) in [5.41, 5.74) is 2.00. The van der Waals surface area contributed by atoms with Crippen LogP contribution in [0.1, 0.15) is 39.1 Å². The topological polar surface area (TPSA) is 99.4 Å². The van der Waals surface area contributed by atoms with Crippen molar-refractivity contribution < 1.29 is 23.9 Å². The molecular weight excluding hydrogens is 312 g/mol. The van der Waals surface area contributed by atoms with Crippen molar-refractivity contribution in [1.82, 2.24) is 0 Å². The van der Waals surface area contributed by atoms with Crippen LogP contribution in [0, 0.1) is 5.21 Å². The van der Waals surface area contributed by atoms with Gasteiger partial charge >= 0.3 is 5.97 Å². The summed E-state index contributed by atoms with van der Waals surface area (Å²) in [4.78, 5) is 35.6. The Labute approximate surface area is 137 Å². The number of Topliss-reactive ketones (excluding diaryl/α,β-unsaturated/α-hetero) is 1. The van der Waals surface area contributed by atoms with Gasteiger partial charge in [0, 0.05) is 23.4 Å². The Bertz CT molecular complexity index is 829. The van der Waals surface area contributed by atoms with Gasteiger partial charge in [0.25, 0.3) is 0 Å². The Kier molecular flexibility index (Phi) is 3.99. The molecule has 0 aliphatic carbocycles. The molecule has 1 aliphatic rings. The third kappa shape index (κ3) is 2.96. The average Bonchev–Trinajstić information content (AvgIpc) is 2.87. The molecule has 1 aromatic heterocycles. The number of anilines is 1. The molecule has 7 heteroatoms. The normalized spacial score (nSPS) is 15.5. The molecule has 0 bridgehead atoms. The van der Waals surface area contributed by atoms with Crippen molar-refractivity contribution in [3.63, 3.8) is 0 Å². The molecule has 3 rings (SSSR count). The van der Waals surface area contributed by atoms with Gasteiger partial charge in [-0.15, -0.1) is 0 Å². The second-order valence-electron chi connectivity index (χ2n) is 5.46. The van der Waals surface area contributed by atoms with Crippen molar-refractivity contribution in [2.24, 2.45) is 0 Å². The van der Waals surface area contributed by atoms with Crippen LogP contribution in [-0.2, 0) is 9.53 Å². The molecule has 0 saturated carbocycles. The van der Waals surface area contributed by atoms with E-state index in [4.69, 9.17) is 4.74 Å². The first-order valence-electron chi connectivity index (χ1n) is 7.29. The predicted molar refractivity (Wildman–Crippen MR) is 83.5 cm³/mol. The van der Waals surface area contributed by atoms with Gasteiger partial charge in [-0.2, -0.15) is 4.73 Å². The maximum absolute atomic E-state index is 12.2. The van der Waals surface area contributed by atoms with Gasteiger partial charge in [0.1, 0.15) is 0 Å². The van der Waals surface area contributed by atoms with Gasteiger partial charge in [-0.1, -0.05) is 0 Å². The first kappa shape index (κ1) is 15.7. The summed E-state index contributed by atoms with van der Waals surface area (Å²) in [5, 5.41) is 13.6. The monoisotopic (exact) mass is 326 g/mol. The van der Waals surface area contributed by atoms with E-state index in [0.717, 1.165) is 5.56 Å². The van der Waals surface area contributed by atoms with Crippen LogP contribution < -0.4 is 10.0 Å². The Hall–Kier alpha value is -3.22. The third-order valence-corrected chi connectivity index (χ3v) is 3.86. The Morgan fingerprint density at radius 3 is 2.62 bits per heavy atom. The smallest absolute Gasteiger partial charge is 0.339 e. The number of hydrogen-bond donors (Lipinski definition) is 1. The number of carbonyl (C=O) groups is 3. The number of rotatable bonds is 4. The number of hydrogen-bond acceptors (Lipinski definition) is 5. The minimum Gasteiger partial charge on any atom is -0.619 e. The molecule has 1 aromatic carbocycles. The summed E-state index contributed by atoms with van der Waals surface area (Å²) in [7, 11) is 0. The van der Waals surface area contributed by atoms with E-state index in [1.54, 1.807) is 25.1 Å². The molecule has 2 aromatic rings. The lowest BCUT2D eigenvalue weighted by molar-refractivity contribution is -0.605. The second-order valence-corrected chi connectivity index (χ2v) is 5.46. The van der Waals surface area contributed by atoms with Gasteiger partial charge in [0.15, 0.2) is 24.8 Å². The maximum Gasteiger partial charge on any atom is 0.339 e. The lowest BCUT2D eigenvalue weighted by Crippen LogP contribution is -2.24. The van der Waals surface area contributed by atoms with Crippen LogP contribution in [0.15, 0.2) is 42.7 Å². The van der Waals surface area contributed by atoms with Crippen molar-refractivity contribution in [2.75, 3.05) is 11.9 Å². The molecule has 7 nitrogen and oxygen atoms in total. The van der Waals surface area contributed by atoms with E-state index in [2.05, 4.69) is 5.32 Å². The Balaban J connectivity index is 1.67. The second kappa shape index (κ2) is 6.11. The zero-order valence-corrected chi connectivity index (χ0v) is 12.8. The fourth-order valence-corrected chi connectivity index (χ4v) is 2.44. The molecule has 0 fully saturated rings. The molecule has 0 saturated heterocycles. The summed E-state index contributed by atoms with van der Waals surface area (Å²) < 4.78 is 5.51. The van der Waals surface area contributed by atoms with E-state index in [1.807, 2.05) is 0 Å². The molecule has 0 spiro atoms. The van der Waals surface area contributed by atoms with Crippen molar-refractivity contribution in [3.05, 3.63) is 64.6 Å². The van der Waals surface area contributed by atoms with Crippen LogP contribution >= 0.6 is 0 Å². The van der Waals surface area contributed by atoms with E-state index in [0.29, 0.717) is 16.0 Å². The predicted octanol–water partition coefficient (Wildman–Crippen LogP) is 1.42. The van der Waals surface area contributed by atoms with E-state index in [9.17, 15) is 19.6 Å². The van der Waals surface area contributed by atoms with Gasteiger partial charge < -0.3 is 15.3 Å². The fourth-order valence-electron chi connectivity index (χ4n) is 2.44. The number of ketones is 1. The molecular formula is C17H14N2O5. The van der Waals surface area contributed by atoms with Gasteiger partial charge in [0.05, 0.1) is 11.5 Å². The van der Waals surface area contributed by atoms with Gasteiger partial charge in [-0.25, -0.2) is 4.79 Å². The van der Waals surface area contributed by atoms with E-state index >= 15 is 0 Å².